The van der Waals surface area contributed by atoms with Crippen molar-refractivity contribution in [3.8, 4) is 0 Å². The first-order valence-corrected chi connectivity index (χ1v) is 7.55. The van der Waals surface area contributed by atoms with Crippen LogP contribution in [0, 0.1) is 6.92 Å². The highest BCUT2D eigenvalue weighted by Gasteiger charge is 2.28. The Kier molecular flexibility index (Phi) is 4.77. The first-order chi connectivity index (χ1) is 9.01. The van der Waals surface area contributed by atoms with Gasteiger partial charge in [-0.2, -0.15) is 13.1 Å². The Balaban J connectivity index is 3.19. The van der Waals surface area contributed by atoms with Gasteiger partial charge in [-0.15, -0.1) is 0 Å². The Bertz CT molecular complexity index is 573. The van der Waals surface area contributed by atoms with E-state index in [1.54, 1.807) is 45.0 Å². The fourth-order valence-corrected chi connectivity index (χ4v) is 3.15. The number of aliphatic carboxylic acids is 1. The van der Waals surface area contributed by atoms with E-state index in [-0.39, 0.29) is 0 Å². The maximum absolute atomic E-state index is 12.3. The Morgan fingerprint density at radius 2 is 1.75 bits per heavy atom. The zero-order valence-electron chi connectivity index (χ0n) is 12.0. The summed E-state index contributed by atoms with van der Waals surface area (Å²) < 4.78 is 27.9. The van der Waals surface area contributed by atoms with Crippen LogP contribution >= 0.6 is 0 Å². The Labute approximate surface area is 119 Å². The summed E-state index contributed by atoms with van der Waals surface area (Å²) in [5.74, 6) is -1.22. The van der Waals surface area contributed by atoms with Crippen LogP contribution in [0.4, 0.5) is 5.69 Å². The smallest absolute Gasteiger partial charge is 0.324 e. The molecule has 2 N–H and O–H groups in total. The number of aryl methyl sites for hydroxylation is 1. The fraction of sp³-hybridized carbons (Fsp3) is 0.462. The van der Waals surface area contributed by atoms with Crippen LogP contribution in [-0.4, -0.2) is 31.6 Å². The van der Waals surface area contributed by atoms with Crippen molar-refractivity contribution in [3.05, 3.63) is 29.8 Å². The SMILES string of the molecule is Cc1ccc(N(CC(=O)O)S(=O)(=O)NC(C)(C)C)cc1. The number of rotatable bonds is 5. The van der Waals surface area contributed by atoms with E-state index in [1.165, 1.54) is 0 Å². The van der Waals surface area contributed by atoms with Crippen molar-refractivity contribution in [3.63, 3.8) is 0 Å². The number of carboxylic acid groups (broad SMARTS) is 1. The van der Waals surface area contributed by atoms with Gasteiger partial charge >= 0.3 is 16.2 Å². The highest BCUT2D eigenvalue weighted by molar-refractivity contribution is 7.91. The highest BCUT2D eigenvalue weighted by atomic mass is 32.2. The van der Waals surface area contributed by atoms with Crippen LogP contribution in [0.5, 0.6) is 0 Å². The summed E-state index contributed by atoms with van der Waals surface area (Å²) in [6.07, 6.45) is 0. The molecule has 0 unspecified atom stereocenters. The van der Waals surface area contributed by atoms with Gasteiger partial charge in [0.2, 0.25) is 0 Å². The first-order valence-electron chi connectivity index (χ1n) is 6.11. The molecule has 0 aliphatic carbocycles. The van der Waals surface area contributed by atoms with E-state index < -0.39 is 28.3 Å². The Morgan fingerprint density at radius 1 is 1.25 bits per heavy atom. The summed E-state index contributed by atoms with van der Waals surface area (Å²) in [4.78, 5) is 10.9. The quantitative estimate of drug-likeness (QED) is 0.863. The normalized spacial score (nSPS) is 12.2. The number of hydrogen-bond donors (Lipinski definition) is 2. The van der Waals surface area contributed by atoms with Crippen molar-refractivity contribution in [1.82, 2.24) is 4.72 Å². The second-order valence-corrected chi connectivity index (χ2v) is 7.19. The van der Waals surface area contributed by atoms with Crippen molar-refractivity contribution < 1.29 is 18.3 Å². The second-order valence-electron chi connectivity index (χ2n) is 5.59. The molecule has 20 heavy (non-hydrogen) atoms. The van der Waals surface area contributed by atoms with E-state index in [0.717, 1.165) is 9.87 Å². The molecule has 1 aromatic rings. The predicted octanol–water partition coefficient (Wildman–Crippen LogP) is 1.52. The van der Waals surface area contributed by atoms with Gasteiger partial charge in [0.1, 0.15) is 6.54 Å². The zero-order chi connectivity index (χ0) is 15.6. The molecule has 0 heterocycles. The van der Waals surface area contributed by atoms with Gasteiger partial charge < -0.3 is 5.11 Å². The van der Waals surface area contributed by atoms with Gasteiger partial charge in [0.15, 0.2) is 0 Å². The fourth-order valence-electron chi connectivity index (χ4n) is 1.59. The molecule has 0 spiro atoms. The van der Waals surface area contributed by atoms with Crippen molar-refractivity contribution >= 4 is 21.9 Å². The van der Waals surface area contributed by atoms with Crippen LogP contribution in [0.15, 0.2) is 24.3 Å². The molecule has 1 aromatic carbocycles. The van der Waals surface area contributed by atoms with Gasteiger partial charge in [-0.25, -0.2) is 4.31 Å². The molecular formula is C13H20N2O4S. The van der Waals surface area contributed by atoms with Crippen molar-refractivity contribution in [2.45, 2.75) is 33.2 Å². The number of nitrogens with zero attached hydrogens (tertiary/aromatic N) is 1. The molecule has 0 bridgehead atoms. The minimum atomic E-state index is -3.94. The average molecular weight is 300 g/mol. The van der Waals surface area contributed by atoms with Crippen LogP contribution in [0.1, 0.15) is 26.3 Å². The van der Waals surface area contributed by atoms with E-state index >= 15 is 0 Å². The standard InChI is InChI=1S/C13H20N2O4S/c1-10-5-7-11(8-6-10)15(9-12(16)17)20(18,19)14-13(2,3)4/h5-8,14H,9H2,1-4H3,(H,16,17). The van der Waals surface area contributed by atoms with E-state index in [9.17, 15) is 13.2 Å². The first kappa shape index (κ1) is 16.5. The third kappa shape index (κ3) is 4.82. The van der Waals surface area contributed by atoms with E-state index in [1.807, 2.05) is 6.92 Å². The molecule has 0 fully saturated rings. The van der Waals surface area contributed by atoms with Crippen LogP contribution in [0.2, 0.25) is 0 Å². The van der Waals surface area contributed by atoms with Gasteiger partial charge in [0, 0.05) is 5.54 Å². The number of anilines is 1. The molecule has 0 saturated carbocycles. The van der Waals surface area contributed by atoms with Crippen molar-refractivity contribution in [2.24, 2.45) is 0 Å². The van der Waals surface area contributed by atoms with Gasteiger partial charge in [-0.05, 0) is 39.8 Å². The molecule has 6 nitrogen and oxygen atoms in total. The van der Waals surface area contributed by atoms with Crippen LogP contribution < -0.4 is 9.03 Å². The Morgan fingerprint density at radius 3 is 2.15 bits per heavy atom. The van der Waals surface area contributed by atoms with E-state index in [4.69, 9.17) is 5.11 Å². The van der Waals surface area contributed by atoms with Crippen molar-refractivity contribution in [2.75, 3.05) is 10.8 Å². The lowest BCUT2D eigenvalue weighted by molar-refractivity contribution is -0.135. The van der Waals surface area contributed by atoms with Gasteiger partial charge in [-0.1, -0.05) is 17.7 Å². The topological polar surface area (TPSA) is 86.7 Å². The second kappa shape index (κ2) is 5.80. The molecule has 0 atom stereocenters. The van der Waals surface area contributed by atoms with Gasteiger partial charge in [-0.3, -0.25) is 4.79 Å². The monoisotopic (exact) mass is 300 g/mol. The van der Waals surface area contributed by atoms with Gasteiger partial charge in [0.25, 0.3) is 0 Å². The molecule has 0 radical (unpaired) electrons. The minimum absolute atomic E-state index is 0.315. The molecule has 7 heteroatoms. The summed E-state index contributed by atoms with van der Waals surface area (Å²) in [6.45, 7) is 6.32. The number of carboxylic acids is 1. The zero-order valence-corrected chi connectivity index (χ0v) is 12.9. The maximum atomic E-state index is 12.3. The summed E-state index contributed by atoms with van der Waals surface area (Å²) in [6, 6.07) is 6.63. The minimum Gasteiger partial charge on any atom is -0.480 e. The lowest BCUT2D eigenvalue weighted by atomic mass is 10.1. The van der Waals surface area contributed by atoms with Crippen molar-refractivity contribution in [1.29, 1.82) is 0 Å². The van der Waals surface area contributed by atoms with Crippen LogP contribution in [-0.2, 0) is 15.0 Å². The lowest BCUT2D eigenvalue weighted by Gasteiger charge is -2.28. The number of nitrogens with one attached hydrogen (secondary N) is 1. The third-order valence-electron chi connectivity index (χ3n) is 2.33. The lowest BCUT2D eigenvalue weighted by Crippen LogP contribution is -2.50. The van der Waals surface area contributed by atoms with E-state index in [2.05, 4.69) is 4.72 Å². The number of benzene rings is 1. The van der Waals surface area contributed by atoms with E-state index in [0.29, 0.717) is 5.69 Å². The molecule has 0 aliphatic heterocycles. The molecule has 1 rings (SSSR count). The summed E-state index contributed by atoms with van der Waals surface area (Å²) in [5, 5.41) is 8.93. The summed E-state index contributed by atoms with van der Waals surface area (Å²) >= 11 is 0. The molecule has 0 amide bonds. The van der Waals surface area contributed by atoms with Crippen LogP contribution in [0.25, 0.3) is 0 Å². The number of hydrogen-bond acceptors (Lipinski definition) is 3. The predicted molar refractivity (Wildman–Crippen MR) is 78.0 cm³/mol. The Hall–Kier alpha value is -1.60. The summed E-state index contributed by atoms with van der Waals surface area (Å²) in [5.41, 5.74) is 0.584. The van der Waals surface area contributed by atoms with Crippen LogP contribution in [0.3, 0.4) is 0 Å². The molecule has 0 aliphatic rings. The number of carbonyl (C=O) groups is 1. The maximum Gasteiger partial charge on any atom is 0.324 e. The average Bonchev–Trinajstić information content (AvgIpc) is 2.23. The highest BCUT2D eigenvalue weighted by Crippen LogP contribution is 2.19. The molecular weight excluding hydrogens is 280 g/mol. The summed E-state index contributed by atoms with van der Waals surface area (Å²) in [7, 11) is -3.94. The molecule has 112 valence electrons. The third-order valence-corrected chi connectivity index (χ3v) is 4.12. The molecule has 0 aromatic heterocycles. The largest absolute Gasteiger partial charge is 0.480 e. The van der Waals surface area contributed by atoms with Gasteiger partial charge in [0.05, 0.1) is 5.69 Å². The molecule has 0 saturated heterocycles.